The van der Waals surface area contributed by atoms with E-state index in [1.54, 1.807) is 13.0 Å². The third kappa shape index (κ3) is 3.97. The van der Waals surface area contributed by atoms with Crippen LogP contribution in [0.15, 0.2) is 18.2 Å². The maximum absolute atomic E-state index is 13.0. The molecule has 0 atom stereocenters. The van der Waals surface area contributed by atoms with Crippen molar-refractivity contribution in [3.8, 4) is 10.9 Å². The number of hydrogen-bond acceptors (Lipinski definition) is 5. The van der Waals surface area contributed by atoms with Gasteiger partial charge in [0.25, 0.3) is 5.19 Å². The lowest BCUT2D eigenvalue weighted by atomic mass is 10.2. The Hall–Kier alpha value is -1.53. The first-order valence-electron chi connectivity index (χ1n) is 6.16. The highest BCUT2D eigenvalue weighted by Crippen LogP contribution is 2.27. The summed E-state index contributed by atoms with van der Waals surface area (Å²) < 4.78 is 18.6. The van der Waals surface area contributed by atoms with E-state index in [1.165, 1.54) is 23.5 Å². The Morgan fingerprint density at radius 1 is 1.37 bits per heavy atom. The van der Waals surface area contributed by atoms with Crippen LogP contribution in [0.25, 0.3) is 0 Å². The maximum atomic E-state index is 13.0. The minimum absolute atomic E-state index is 0.272. The second-order valence-corrected chi connectivity index (χ2v) is 5.17. The molecule has 4 nitrogen and oxygen atoms in total. The molecule has 6 heteroatoms. The zero-order chi connectivity index (χ0) is 13.7. The molecule has 0 fully saturated rings. The second kappa shape index (κ2) is 6.58. The Kier molecular flexibility index (Phi) is 4.81. The van der Waals surface area contributed by atoms with Crippen LogP contribution in [0.4, 0.5) is 4.39 Å². The predicted molar refractivity (Wildman–Crippen MR) is 73.1 cm³/mol. The van der Waals surface area contributed by atoms with E-state index in [4.69, 9.17) is 4.74 Å². The number of rotatable bonds is 6. The Labute approximate surface area is 115 Å². The molecular formula is C13H16FN3OS. The summed E-state index contributed by atoms with van der Waals surface area (Å²) in [6.45, 7) is 5.55. The first kappa shape index (κ1) is 13.9. The molecule has 102 valence electrons. The summed E-state index contributed by atoms with van der Waals surface area (Å²) in [6.07, 6.45) is 1.08. The van der Waals surface area contributed by atoms with Crippen LogP contribution in [0.2, 0.25) is 0 Å². The highest BCUT2D eigenvalue weighted by Gasteiger charge is 2.08. The monoisotopic (exact) mass is 281 g/mol. The van der Waals surface area contributed by atoms with Crippen molar-refractivity contribution in [2.45, 2.75) is 26.8 Å². The number of halogens is 1. The fraction of sp³-hybridized carbons (Fsp3) is 0.385. The summed E-state index contributed by atoms with van der Waals surface area (Å²) in [5.74, 6) is 0.331. The summed E-state index contributed by atoms with van der Waals surface area (Å²) in [5, 5.41) is 12.6. The Balaban J connectivity index is 1.99. The van der Waals surface area contributed by atoms with E-state index in [0.29, 0.717) is 17.5 Å². The molecule has 1 aromatic heterocycles. The van der Waals surface area contributed by atoms with Gasteiger partial charge in [-0.2, -0.15) is 0 Å². The van der Waals surface area contributed by atoms with Gasteiger partial charge in [-0.15, -0.1) is 5.10 Å². The van der Waals surface area contributed by atoms with Gasteiger partial charge in [0.2, 0.25) is 0 Å². The van der Waals surface area contributed by atoms with Crippen molar-refractivity contribution in [2.24, 2.45) is 0 Å². The Morgan fingerprint density at radius 3 is 2.95 bits per heavy atom. The lowest BCUT2D eigenvalue weighted by Crippen LogP contribution is -2.13. The summed E-state index contributed by atoms with van der Waals surface area (Å²) in [7, 11) is 0. The minimum atomic E-state index is -0.272. The van der Waals surface area contributed by atoms with Crippen molar-refractivity contribution in [3.63, 3.8) is 0 Å². The van der Waals surface area contributed by atoms with Gasteiger partial charge in [0.1, 0.15) is 16.6 Å². The smallest absolute Gasteiger partial charge is 0.299 e. The van der Waals surface area contributed by atoms with Crippen LogP contribution in [0, 0.1) is 12.7 Å². The van der Waals surface area contributed by atoms with Gasteiger partial charge >= 0.3 is 0 Å². The lowest BCUT2D eigenvalue weighted by molar-refractivity contribution is 0.467. The van der Waals surface area contributed by atoms with Crippen LogP contribution < -0.4 is 10.1 Å². The van der Waals surface area contributed by atoms with E-state index < -0.39 is 0 Å². The average molecular weight is 281 g/mol. The number of nitrogens with one attached hydrogen (secondary N) is 1. The van der Waals surface area contributed by atoms with Crippen molar-refractivity contribution in [2.75, 3.05) is 6.54 Å². The van der Waals surface area contributed by atoms with Crippen molar-refractivity contribution >= 4 is 11.3 Å². The summed E-state index contributed by atoms with van der Waals surface area (Å²) in [6, 6.07) is 4.40. The van der Waals surface area contributed by atoms with Crippen LogP contribution in [-0.2, 0) is 6.54 Å². The van der Waals surface area contributed by atoms with E-state index >= 15 is 0 Å². The van der Waals surface area contributed by atoms with E-state index in [9.17, 15) is 4.39 Å². The SMILES string of the molecule is CCCNCc1nnc(Oc2ccc(F)cc2C)s1. The van der Waals surface area contributed by atoms with Crippen molar-refractivity contribution in [1.29, 1.82) is 0 Å². The number of hydrogen-bond donors (Lipinski definition) is 1. The molecule has 2 rings (SSSR count). The van der Waals surface area contributed by atoms with Crippen LogP contribution >= 0.6 is 11.3 Å². The first-order chi connectivity index (χ1) is 9.19. The predicted octanol–water partition coefficient (Wildman–Crippen LogP) is 3.28. The summed E-state index contributed by atoms with van der Waals surface area (Å²) in [4.78, 5) is 0. The molecule has 0 spiro atoms. The van der Waals surface area contributed by atoms with Crippen molar-refractivity contribution < 1.29 is 9.13 Å². The molecule has 0 aliphatic rings. The topological polar surface area (TPSA) is 47.0 Å². The highest BCUT2D eigenvalue weighted by atomic mass is 32.1. The third-order valence-electron chi connectivity index (χ3n) is 2.49. The average Bonchev–Trinajstić information content (AvgIpc) is 2.81. The molecule has 1 N–H and O–H groups in total. The normalized spacial score (nSPS) is 10.7. The van der Waals surface area contributed by atoms with Gasteiger partial charge in [-0.05, 0) is 43.7 Å². The molecule has 0 radical (unpaired) electrons. The van der Waals surface area contributed by atoms with Gasteiger partial charge in [-0.1, -0.05) is 23.4 Å². The maximum Gasteiger partial charge on any atom is 0.299 e. The zero-order valence-corrected chi connectivity index (χ0v) is 11.8. The summed E-state index contributed by atoms with van der Waals surface area (Å²) in [5.41, 5.74) is 0.737. The Bertz CT molecular complexity index is 544. The molecule has 0 bridgehead atoms. The van der Waals surface area contributed by atoms with Gasteiger partial charge in [-0.3, -0.25) is 0 Å². The van der Waals surface area contributed by atoms with Gasteiger partial charge in [0.15, 0.2) is 0 Å². The molecule has 19 heavy (non-hydrogen) atoms. The first-order valence-corrected chi connectivity index (χ1v) is 6.97. The van der Waals surface area contributed by atoms with Gasteiger partial charge < -0.3 is 10.1 Å². The van der Waals surface area contributed by atoms with E-state index in [-0.39, 0.29) is 5.82 Å². The minimum Gasteiger partial charge on any atom is -0.430 e. The standard InChI is InChI=1S/C13H16FN3OS/c1-3-6-15-8-12-16-17-13(19-12)18-11-5-4-10(14)7-9(11)2/h4-5,7,15H,3,6,8H2,1-2H3. The van der Waals surface area contributed by atoms with E-state index in [1.807, 2.05) is 0 Å². The second-order valence-electron chi connectivity index (χ2n) is 4.15. The number of aryl methyl sites for hydroxylation is 1. The van der Waals surface area contributed by atoms with Crippen LogP contribution in [-0.4, -0.2) is 16.7 Å². The molecule has 0 aliphatic carbocycles. The van der Waals surface area contributed by atoms with E-state index in [0.717, 1.165) is 23.5 Å². The van der Waals surface area contributed by atoms with Gasteiger partial charge in [0.05, 0.1) is 0 Å². The lowest BCUT2D eigenvalue weighted by Gasteiger charge is -2.04. The molecule has 1 aromatic carbocycles. The number of aromatic nitrogens is 2. The molecule has 0 saturated carbocycles. The van der Waals surface area contributed by atoms with Crippen LogP contribution in [0.1, 0.15) is 23.9 Å². The number of ether oxygens (including phenoxy) is 1. The van der Waals surface area contributed by atoms with E-state index in [2.05, 4.69) is 22.4 Å². The molecule has 1 heterocycles. The van der Waals surface area contributed by atoms with Crippen LogP contribution in [0.3, 0.4) is 0 Å². The van der Waals surface area contributed by atoms with Gasteiger partial charge in [-0.25, -0.2) is 4.39 Å². The molecular weight excluding hydrogens is 265 g/mol. The molecule has 0 saturated heterocycles. The van der Waals surface area contributed by atoms with Gasteiger partial charge in [0, 0.05) is 6.54 Å². The largest absolute Gasteiger partial charge is 0.430 e. The Morgan fingerprint density at radius 2 is 2.21 bits per heavy atom. The number of nitrogens with zero attached hydrogens (tertiary/aromatic N) is 2. The number of benzene rings is 1. The fourth-order valence-corrected chi connectivity index (χ4v) is 2.21. The third-order valence-corrected chi connectivity index (χ3v) is 3.29. The molecule has 0 amide bonds. The highest BCUT2D eigenvalue weighted by molar-refractivity contribution is 7.13. The summed E-state index contributed by atoms with van der Waals surface area (Å²) >= 11 is 1.39. The van der Waals surface area contributed by atoms with Crippen molar-refractivity contribution in [3.05, 3.63) is 34.6 Å². The van der Waals surface area contributed by atoms with Crippen molar-refractivity contribution in [1.82, 2.24) is 15.5 Å². The fourth-order valence-electron chi connectivity index (χ4n) is 1.54. The molecule has 2 aromatic rings. The molecule has 0 unspecified atom stereocenters. The van der Waals surface area contributed by atoms with Crippen LogP contribution in [0.5, 0.6) is 10.9 Å². The quantitative estimate of drug-likeness (QED) is 0.825. The molecule has 0 aliphatic heterocycles. The zero-order valence-electron chi connectivity index (χ0n) is 10.9.